The van der Waals surface area contributed by atoms with E-state index in [1.807, 2.05) is 24.3 Å². The van der Waals surface area contributed by atoms with Crippen molar-refractivity contribution in [2.45, 2.75) is 26.7 Å². The molecule has 6 nitrogen and oxygen atoms in total. The second-order valence-electron chi connectivity index (χ2n) is 7.11. The Balaban J connectivity index is 0.00000240. The highest BCUT2D eigenvalue weighted by Gasteiger charge is 2.18. The first-order valence-corrected chi connectivity index (χ1v) is 9.82. The maximum Gasteiger partial charge on any atom is 0.233 e. The van der Waals surface area contributed by atoms with E-state index in [1.165, 1.54) is 11.1 Å². The minimum Gasteiger partial charge on any atom is -0.341 e. The molecule has 0 atom stereocenters. The molecule has 1 aliphatic heterocycles. The van der Waals surface area contributed by atoms with E-state index in [2.05, 4.69) is 62.5 Å². The van der Waals surface area contributed by atoms with E-state index in [1.54, 1.807) is 0 Å². The summed E-state index contributed by atoms with van der Waals surface area (Å²) in [7, 11) is 0. The third-order valence-electron chi connectivity index (χ3n) is 4.59. The Morgan fingerprint density at radius 1 is 0.793 bits per heavy atom. The van der Waals surface area contributed by atoms with Crippen LogP contribution in [0.2, 0.25) is 5.02 Å². The molecule has 2 N–H and O–H groups in total. The first kappa shape index (κ1) is 21.1. The quantitative estimate of drug-likeness (QED) is 0.544. The fourth-order valence-corrected chi connectivity index (χ4v) is 3.50. The molecule has 0 aliphatic carbocycles. The largest absolute Gasteiger partial charge is 0.341 e. The normalized spacial score (nSPS) is 13.1. The molecule has 1 aromatic heterocycles. The van der Waals surface area contributed by atoms with Crippen LogP contribution in [-0.2, 0) is 0 Å². The molecular weight excluding hydrogens is 407 g/mol. The molecule has 0 spiro atoms. The van der Waals surface area contributed by atoms with Gasteiger partial charge in [-0.3, -0.25) is 0 Å². The van der Waals surface area contributed by atoms with Crippen LogP contribution in [0.3, 0.4) is 0 Å². The maximum absolute atomic E-state index is 5.98. The average Bonchev–Trinajstić information content (AvgIpc) is 3.17. The molecule has 0 saturated carbocycles. The molecule has 4 rings (SSSR count). The number of nitrogens with one attached hydrogen (secondary N) is 2. The summed E-state index contributed by atoms with van der Waals surface area (Å²) < 4.78 is 0. The van der Waals surface area contributed by atoms with E-state index < -0.39 is 0 Å². The van der Waals surface area contributed by atoms with Crippen molar-refractivity contribution in [1.82, 2.24) is 15.0 Å². The number of hydrogen-bond donors (Lipinski definition) is 2. The lowest BCUT2D eigenvalue weighted by Crippen LogP contribution is -2.21. The van der Waals surface area contributed by atoms with Crippen LogP contribution in [0, 0.1) is 13.8 Å². The average molecular weight is 431 g/mol. The summed E-state index contributed by atoms with van der Waals surface area (Å²) in [6, 6.07) is 13.8. The van der Waals surface area contributed by atoms with Crippen molar-refractivity contribution >= 4 is 53.2 Å². The zero-order valence-electron chi connectivity index (χ0n) is 16.4. The Morgan fingerprint density at radius 2 is 1.34 bits per heavy atom. The van der Waals surface area contributed by atoms with E-state index in [4.69, 9.17) is 11.6 Å². The summed E-state index contributed by atoms with van der Waals surface area (Å²) in [5, 5.41) is 7.28. The number of aryl methyl sites for hydroxylation is 2. The third kappa shape index (κ3) is 5.49. The lowest BCUT2D eigenvalue weighted by Gasteiger charge is -2.17. The molecule has 1 saturated heterocycles. The number of nitrogens with zero attached hydrogens (tertiary/aromatic N) is 4. The standard InChI is InChI=1S/C21H23ClN6.ClH/c1-14-11-15(2)13-18(12-14)24-20-25-19(23-17-7-5-16(22)6-8-17)26-21(27-20)28-9-3-4-10-28;/h5-8,11-13H,3-4,9-10H2,1-2H3,(H2,23,24,25,26,27);1H. The number of anilines is 5. The Bertz CT molecular complexity index is 951. The minimum atomic E-state index is 0. The van der Waals surface area contributed by atoms with Gasteiger partial charge in [0, 0.05) is 29.5 Å². The highest BCUT2D eigenvalue weighted by molar-refractivity contribution is 6.30. The van der Waals surface area contributed by atoms with E-state index in [0.29, 0.717) is 22.9 Å². The highest BCUT2D eigenvalue weighted by Crippen LogP contribution is 2.24. The van der Waals surface area contributed by atoms with E-state index >= 15 is 0 Å². The zero-order chi connectivity index (χ0) is 19.5. The molecule has 152 valence electrons. The van der Waals surface area contributed by atoms with Gasteiger partial charge in [0.15, 0.2) is 0 Å². The van der Waals surface area contributed by atoms with Crippen LogP contribution in [0.25, 0.3) is 0 Å². The van der Waals surface area contributed by atoms with Gasteiger partial charge in [-0.05, 0) is 74.2 Å². The molecule has 29 heavy (non-hydrogen) atoms. The van der Waals surface area contributed by atoms with Gasteiger partial charge in [0.25, 0.3) is 0 Å². The number of aromatic nitrogens is 3. The maximum atomic E-state index is 5.98. The van der Waals surface area contributed by atoms with E-state index in [9.17, 15) is 0 Å². The van der Waals surface area contributed by atoms with Crippen LogP contribution in [0.1, 0.15) is 24.0 Å². The van der Waals surface area contributed by atoms with Gasteiger partial charge in [0.2, 0.25) is 17.8 Å². The number of hydrogen-bond acceptors (Lipinski definition) is 6. The van der Waals surface area contributed by atoms with Crippen molar-refractivity contribution in [3.63, 3.8) is 0 Å². The molecule has 0 radical (unpaired) electrons. The smallest absolute Gasteiger partial charge is 0.233 e. The fourth-order valence-electron chi connectivity index (χ4n) is 3.37. The fraction of sp³-hybridized carbons (Fsp3) is 0.286. The first-order chi connectivity index (χ1) is 13.5. The number of benzene rings is 2. The number of halogens is 2. The van der Waals surface area contributed by atoms with Crippen molar-refractivity contribution in [3.05, 3.63) is 58.6 Å². The predicted molar refractivity (Wildman–Crippen MR) is 122 cm³/mol. The van der Waals surface area contributed by atoms with Gasteiger partial charge < -0.3 is 15.5 Å². The van der Waals surface area contributed by atoms with Gasteiger partial charge in [-0.1, -0.05) is 17.7 Å². The third-order valence-corrected chi connectivity index (χ3v) is 4.84. The van der Waals surface area contributed by atoms with Crippen LogP contribution < -0.4 is 15.5 Å². The molecule has 2 heterocycles. The molecule has 0 amide bonds. The lowest BCUT2D eigenvalue weighted by atomic mass is 10.1. The molecule has 8 heteroatoms. The molecule has 3 aromatic rings. The minimum absolute atomic E-state index is 0. The topological polar surface area (TPSA) is 66.0 Å². The van der Waals surface area contributed by atoms with E-state index in [0.717, 1.165) is 37.3 Å². The number of rotatable bonds is 5. The van der Waals surface area contributed by atoms with Crippen LogP contribution in [0.4, 0.5) is 29.2 Å². The predicted octanol–water partition coefficient (Wildman–Crippen LogP) is 5.65. The van der Waals surface area contributed by atoms with Gasteiger partial charge in [-0.15, -0.1) is 12.4 Å². The van der Waals surface area contributed by atoms with Gasteiger partial charge in [0.05, 0.1) is 0 Å². The van der Waals surface area contributed by atoms with E-state index in [-0.39, 0.29) is 12.4 Å². The Kier molecular flexibility index (Phi) is 6.77. The monoisotopic (exact) mass is 430 g/mol. The second-order valence-corrected chi connectivity index (χ2v) is 7.55. The van der Waals surface area contributed by atoms with Gasteiger partial charge in [0.1, 0.15) is 0 Å². The molecular formula is C21H24Cl2N6. The van der Waals surface area contributed by atoms with Crippen molar-refractivity contribution in [2.24, 2.45) is 0 Å². The van der Waals surface area contributed by atoms with Crippen LogP contribution in [0.15, 0.2) is 42.5 Å². The van der Waals surface area contributed by atoms with Crippen molar-refractivity contribution in [2.75, 3.05) is 28.6 Å². The second kappa shape index (κ2) is 9.29. The van der Waals surface area contributed by atoms with Crippen LogP contribution in [0.5, 0.6) is 0 Å². The summed E-state index contributed by atoms with van der Waals surface area (Å²) in [4.78, 5) is 16.1. The summed E-state index contributed by atoms with van der Waals surface area (Å²) in [6.07, 6.45) is 2.32. The van der Waals surface area contributed by atoms with Crippen LogP contribution >= 0.6 is 24.0 Å². The molecule has 1 fully saturated rings. The Labute approximate surface area is 182 Å². The molecule has 1 aliphatic rings. The zero-order valence-corrected chi connectivity index (χ0v) is 18.0. The van der Waals surface area contributed by atoms with Gasteiger partial charge in [-0.25, -0.2) is 0 Å². The SMILES string of the molecule is Cc1cc(C)cc(Nc2nc(Nc3ccc(Cl)cc3)nc(N3CCCC3)n2)c1.Cl. The Hall–Kier alpha value is -2.57. The van der Waals surface area contributed by atoms with Gasteiger partial charge in [-0.2, -0.15) is 15.0 Å². The summed E-state index contributed by atoms with van der Waals surface area (Å²) in [5.41, 5.74) is 4.22. The first-order valence-electron chi connectivity index (χ1n) is 9.44. The van der Waals surface area contributed by atoms with Crippen LogP contribution in [-0.4, -0.2) is 28.0 Å². The summed E-state index contributed by atoms with van der Waals surface area (Å²) in [6.45, 7) is 6.09. The summed E-state index contributed by atoms with van der Waals surface area (Å²) in [5.74, 6) is 1.72. The van der Waals surface area contributed by atoms with Crippen molar-refractivity contribution < 1.29 is 0 Å². The summed E-state index contributed by atoms with van der Waals surface area (Å²) >= 11 is 5.98. The molecule has 0 bridgehead atoms. The van der Waals surface area contributed by atoms with Crippen molar-refractivity contribution in [3.8, 4) is 0 Å². The molecule has 2 aromatic carbocycles. The van der Waals surface area contributed by atoms with Crippen molar-refractivity contribution in [1.29, 1.82) is 0 Å². The lowest BCUT2D eigenvalue weighted by molar-refractivity contribution is 0.886. The Morgan fingerprint density at radius 3 is 1.93 bits per heavy atom. The molecule has 0 unspecified atom stereocenters. The van der Waals surface area contributed by atoms with Gasteiger partial charge >= 0.3 is 0 Å². The highest BCUT2D eigenvalue weighted by atomic mass is 35.5.